The van der Waals surface area contributed by atoms with Gasteiger partial charge in [-0.25, -0.2) is 0 Å². The van der Waals surface area contributed by atoms with E-state index < -0.39 is 5.60 Å². The van der Waals surface area contributed by atoms with Crippen molar-refractivity contribution in [2.24, 2.45) is 0 Å². The standard InChI is InChI=1S/C10H15NO2/c11-8-9(12)3-5-10(6-4-9)2-1-7-13-10/h12H,1-7H2. The topological polar surface area (TPSA) is 53.2 Å². The Morgan fingerprint density at radius 1 is 1.15 bits per heavy atom. The van der Waals surface area contributed by atoms with E-state index in [1.807, 2.05) is 6.07 Å². The number of hydrogen-bond acceptors (Lipinski definition) is 3. The summed E-state index contributed by atoms with van der Waals surface area (Å²) in [6.07, 6.45) is 5.07. The molecule has 1 spiro atoms. The summed E-state index contributed by atoms with van der Waals surface area (Å²) in [5, 5.41) is 18.4. The van der Waals surface area contributed by atoms with Crippen LogP contribution >= 0.6 is 0 Å². The van der Waals surface area contributed by atoms with Gasteiger partial charge in [-0.3, -0.25) is 0 Å². The van der Waals surface area contributed by atoms with Gasteiger partial charge in [0.1, 0.15) is 0 Å². The van der Waals surface area contributed by atoms with Crippen molar-refractivity contribution < 1.29 is 9.84 Å². The fraction of sp³-hybridized carbons (Fsp3) is 0.900. The fourth-order valence-electron chi connectivity index (χ4n) is 2.38. The lowest BCUT2D eigenvalue weighted by molar-refractivity contribution is -0.0701. The van der Waals surface area contributed by atoms with Gasteiger partial charge in [-0.15, -0.1) is 0 Å². The minimum Gasteiger partial charge on any atom is -0.375 e. The minimum atomic E-state index is -1.07. The van der Waals surface area contributed by atoms with Gasteiger partial charge in [0.25, 0.3) is 0 Å². The van der Waals surface area contributed by atoms with Gasteiger partial charge in [-0.1, -0.05) is 0 Å². The summed E-state index contributed by atoms with van der Waals surface area (Å²) in [7, 11) is 0. The molecule has 0 unspecified atom stereocenters. The Kier molecular flexibility index (Phi) is 2.05. The van der Waals surface area contributed by atoms with Gasteiger partial charge in [-0.05, 0) is 38.5 Å². The Morgan fingerprint density at radius 3 is 2.31 bits per heavy atom. The molecule has 1 aliphatic carbocycles. The quantitative estimate of drug-likeness (QED) is 0.574. The second-order valence-corrected chi connectivity index (χ2v) is 4.28. The Balaban J connectivity index is 2.00. The molecule has 3 nitrogen and oxygen atoms in total. The van der Waals surface area contributed by atoms with Gasteiger partial charge < -0.3 is 9.84 Å². The third kappa shape index (κ3) is 1.56. The third-order valence-corrected chi connectivity index (χ3v) is 3.38. The van der Waals surface area contributed by atoms with Crippen molar-refractivity contribution in [1.82, 2.24) is 0 Å². The highest BCUT2D eigenvalue weighted by Crippen LogP contribution is 2.42. The maximum atomic E-state index is 9.71. The van der Waals surface area contributed by atoms with Gasteiger partial charge >= 0.3 is 0 Å². The van der Waals surface area contributed by atoms with Crippen LogP contribution < -0.4 is 0 Å². The second-order valence-electron chi connectivity index (χ2n) is 4.28. The molecule has 2 fully saturated rings. The molecule has 0 atom stereocenters. The Labute approximate surface area is 78.3 Å². The zero-order valence-electron chi connectivity index (χ0n) is 7.75. The molecule has 1 aliphatic heterocycles. The summed E-state index contributed by atoms with van der Waals surface area (Å²) in [4.78, 5) is 0. The van der Waals surface area contributed by atoms with Crippen LogP contribution in [-0.2, 0) is 4.74 Å². The fourth-order valence-corrected chi connectivity index (χ4v) is 2.38. The zero-order valence-corrected chi connectivity index (χ0v) is 7.75. The highest BCUT2D eigenvalue weighted by Gasteiger charge is 2.44. The van der Waals surface area contributed by atoms with Crippen LogP contribution in [-0.4, -0.2) is 22.9 Å². The van der Waals surface area contributed by atoms with Gasteiger partial charge in [0, 0.05) is 6.61 Å². The Hall–Kier alpha value is -0.590. The van der Waals surface area contributed by atoms with Crippen LogP contribution in [0.5, 0.6) is 0 Å². The molecule has 1 saturated heterocycles. The molecule has 2 aliphatic rings. The van der Waals surface area contributed by atoms with Gasteiger partial charge in [-0.2, -0.15) is 5.26 Å². The van der Waals surface area contributed by atoms with Crippen LogP contribution in [0.1, 0.15) is 38.5 Å². The number of ether oxygens (including phenoxy) is 1. The van der Waals surface area contributed by atoms with Crippen LogP contribution in [0.4, 0.5) is 0 Å². The van der Waals surface area contributed by atoms with Crippen molar-refractivity contribution >= 4 is 0 Å². The number of aliphatic hydroxyl groups is 1. The number of hydrogen-bond donors (Lipinski definition) is 1. The molecule has 0 bridgehead atoms. The van der Waals surface area contributed by atoms with Gasteiger partial charge in [0.2, 0.25) is 0 Å². The lowest BCUT2D eigenvalue weighted by atomic mass is 9.75. The molecular formula is C10H15NO2. The molecule has 13 heavy (non-hydrogen) atoms. The van der Waals surface area contributed by atoms with Crippen molar-refractivity contribution in [1.29, 1.82) is 5.26 Å². The SMILES string of the molecule is N#CC1(O)CCC2(CCCO2)CC1. The summed E-state index contributed by atoms with van der Waals surface area (Å²) >= 11 is 0. The molecule has 0 aromatic rings. The van der Waals surface area contributed by atoms with Gasteiger partial charge in [0.05, 0.1) is 11.7 Å². The van der Waals surface area contributed by atoms with E-state index in [-0.39, 0.29) is 5.60 Å². The molecule has 72 valence electrons. The predicted molar refractivity (Wildman–Crippen MR) is 46.9 cm³/mol. The number of nitriles is 1. The first kappa shape index (κ1) is 8.98. The molecular weight excluding hydrogens is 166 g/mol. The van der Waals surface area contributed by atoms with E-state index in [2.05, 4.69) is 0 Å². The first-order valence-electron chi connectivity index (χ1n) is 4.96. The van der Waals surface area contributed by atoms with Crippen LogP contribution in [0.3, 0.4) is 0 Å². The molecule has 0 radical (unpaired) electrons. The highest BCUT2D eigenvalue weighted by molar-refractivity contribution is 5.06. The zero-order chi connectivity index (χ0) is 9.36. The average Bonchev–Trinajstić information content (AvgIpc) is 2.61. The largest absolute Gasteiger partial charge is 0.375 e. The third-order valence-electron chi connectivity index (χ3n) is 3.38. The lowest BCUT2D eigenvalue weighted by Gasteiger charge is -2.37. The monoisotopic (exact) mass is 181 g/mol. The summed E-state index contributed by atoms with van der Waals surface area (Å²) < 4.78 is 5.70. The first-order chi connectivity index (χ1) is 6.18. The minimum absolute atomic E-state index is 0.0169. The summed E-state index contributed by atoms with van der Waals surface area (Å²) in [6, 6.07) is 1.99. The molecule has 3 heteroatoms. The van der Waals surface area contributed by atoms with Crippen molar-refractivity contribution in [3.63, 3.8) is 0 Å². The summed E-state index contributed by atoms with van der Waals surface area (Å²) in [5.41, 5.74) is -1.06. The van der Waals surface area contributed by atoms with Crippen LogP contribution in [0.2, 0.25) is 0 Å². The Morgan fingerprint density at radius 2 is 1.85 bits per heavy atom. The molecule has 0 amide bonds. The molecule has 1 saturated carbocycles. The smallest absolute Gasteiger partial charge is 0.151 e. The van der Waals surface area contributed by atoms with Crippen LogP contribution in [0, 0.1) is 11.3 Å². The van der Waals surface area contributed by atoms with E-state index in [0.717, 1.165) is 32.3 Å². The van der Waals surface area contributed by atoms with E-state index in [4.69, 9.17) is 10.00 Å². The maximum Gasteiger partial charge on any atom is 0.151 e. The molecule has 1 heterocycles. The maximum absolute atomic E-state index is 9.71. The normalized spacial score (nSPS) is 44.9. The molecule has 2 rings (SSSR count). The average molecular weight is 181 g/mol. The van der Waals surface area contributed by atoms with E-state index in [1.54, 1.807) is 0 Å². The van der Waals surface area contributed by atoms with E-state index in [0.29, 0.717) is 12.8 Å². The van der Waals surface area contributed by atoms with Crippen LogP contribution in [0.15, 0.2) is 0 Å². The van der Waals surface area contributed by atoms with E-state index in [1.165, 1.54) is 0 Å². The highest BCUT2D eigenvalue weighted by atomic mass is 16.5. The van der Waals surface area contributed by atoms with Crippen molar-refractivity contribution in [3.8, 4) is 6.07 Å². The predicted octanol–water partition coefficient (Wildman–Crippen LogP) is 1.36. The molecule has 1 N–H and O–H groups in total. The van der Waals surface area contributed by atoms with Crippen LogP contribution in [0.25, 0.3) is 0 Å². The Bertz CT molecular complexity index is 228. The van der Waals surface area contributed by atoms with Crippen molar-refractivity contribution in [2.75, 3.05) is 6.61 Å². The number of rotatable bonds is 0. The molecule has 0 aromatic heterocycles. The van der Waals surface area contributed by atoms with Crippen molar-refractivity contribution in [2.45, 2.75) is 49.7 Å². The number of nitrogens with zero attached hydrogens (tertiary/aromatic N) is 1. The molecule has 0 aromatic carbocycles. The summed E-state index contributed by atoms with van der Waals surface area (Å²) in [6.45, 7) is 0.852. The van der Waals surface area contributed by atoms with E-state index in [9.17, 15) is 5.11 Å². The second kappa shape index (κ2) is 2.97. The van der Waals surface area contributed by atoms with E-state index >= 15 is 0 Å². The summed E-state index contributed by atoms with van der Waals surface area (Å²) in [5.74, 6) is 0. The van der Waals surface area contributed by atoms with Crippen molar-refractivity contribution in [3.05, 3.63) is 0 Å². The van der Waals surface area contributed by atoms with Gasteiger partial charge in [0.15, 0.2) is 5.60 Å². The first-order valence-corrected chi connectivity index (χ1v) is 4.96. The lowest BCUT2D eigenvalue weighted by Crippen LogP contribution is -2.41.